The van der Waals surface area contributed by atoms with Crippen LogP contribution in [-0.4, -0.2) is 23.2 Å². The molecule has 0 aliphatic carbocycles. The fourth-order valence-corrected chi connectivity index (χ4v) is 2.57. The average Bonchev–Trinajstić information content (AvgIpc) is 2.52. The summed E-state index contributed by atoms with van der Waals surface area (Å²) in [6.45, 7) is -1.67. The zero-order chi connectivity index (χ0) is 18.6. The largest absolute Gasteiger partial charge is 0.427 e. The summed E-state index contributed by atoms with van der Waals surface area (Å²) in [5, 5.41) is 24.6. The molecule has 0 spiro atoms. The second-order valence-corrected chi connectivity index (χ2v) is 5.83. The molecule has 25 heavy (non-hydrogen) atoms. The van der Waals surface area contributed by atoms with Crippen LogP contribution in [0.15, 0.2) is 42.5 Å². The predicted molar refractivity (Wildman–Crippen MR) is 89.2 cm³/mol. The second kappa shape index (κ2) is 7.62. The maximum absolute atomic E-state index is 12.4. The summed E-state index contributed by atoms with van der Waals surface area (Å²) in [6, 6.07) is 10.2. The van der Waals surface area contributed by atoms with Crippen molar-refractivity contribution >= 4 is 23.0 Å². The minimum absolute atomic E-state index is 0.0112. The molecule has 9 heteroatoms. The molecular weight excluding hydrogens is 358 g/mol. The smallest absolute Gasteiger partial charge is 0.387 e. The summed E-state index contributed by atoms with van der Waals surface area (Å²) in [4.78, 5) is 10.0. The van der Waals surface area contributed by atoms with Gasteiger partial charge in [-0.15, -0.1) is 0 Å². The number of nitrogens with one attached hydrogen (secondary N) is 1. The van der Waals surface area contributed by atoms with Gasteiger partial charge < -0.3 is 15.2 Å². The Bertz CT molecular complexity index is 772. The Morgan fingerprint density at radius 1 is 1.36 bits per heavy atom. The second-order valence-electron chi connectivity index (χ2n) is 5.43. The number of nitrogens with zero attached hydrogens (tertiary/aromatic N) is 1. The van der Waals surface area contributed by atoms with E-state index in [1.807, 2.05) is 0 Å². The van der Waals surface area contributed by atoms with E-state index in [1.165, 1.54) is 13.0 Å². The summed E-state index contributed by atoms with van der Waals surface area (Å²) in [7, 11) is 0. The van der Waals surface area contributed by atoms with E-state index >= 15 is 0 Å². The number of aliphatic hydroxyl groups is 1. The van der Waals surface area contributed by atoms with Crippen molar-refractivity contribution in [3.8, 4) is 5.75 Å². The van der Waals surface area contributed by atoms with E-state index in [2.05, 4.69) is 10.1 Å². The van der Waals surface area contributed by atoms with Crippen LogP contribution in [0.25, 0.3) is 0 Å². The molecular formula is C16H15ClF2N2O4. The molecule has 0 bridgehead atoms. The average molecular weight is 373 g/mol. The van der Waals surface area contributed by atoms with Crippen molar-refractivity contribution in [1.29, 1.82) is 0 Å². The number of rotatable bonds is 7. The highest BCUT2D eigenvalue weighted by Crippen LogP contribution is 2.33. The molecule has 0 radical (unpaired) electrons. The molecule has 1 unspecified atom stereocenters. The maximum Gasteiger partial charge on any atom is 0.387 e. The fraction of sp³-hybridized carbons (Fsp3) is 0.250. The van der Waals surface area contributed by atoms with E-state index < -0.39 is 28.6 Å². The third-order valence-electron chi connectivity index (χ3n) is 3.46. The first-order valence-corrected chi connectivity index (χ1v) is 7.53. The molecule has 6 nitrogen and oxygen atoms in total. The van der Waals surface area contributed by atoms with E-state index in [4.69, 9.17) is 11.6 Å². The molecule has 2 rings (SSSR count). The van der Waals surface area contributed by atoms with Gasteiger partial charge in [-0.3, -0.25) is 10.1 Å². The van der Waals surface area contributed by atoms with Gasteiger partial charge in [0.1, 0.15) is 5.60 Å². The van der Waals surface area contributed by atoms with Crippen LogP contribution in [0.1, 0.15) is 12.5 Å². The first-order valence-electron chi connectivity index (χ1n) is 7.15. The van der Waals surface area contributed by atoms with Crippen LogP contribution in [0.3, 0.4) is 0 Å². The van der Waals surface area contributed by atoms with Gasteiger partial charge in [0, 0.05) is 35.0 Å². The minimum Gasteiger partial charge on any atom is -0.427 e. The van der Waals surface area contributed by atoms with Crippen LogP contribution in [-0.2, 0) is 5.60 Å². The molecule has 0 heterocycles. The molecule has 0 aliphatic rings. The van der Waals surface area contributed by atoms with Gasteiger partial charge in [-0.05, 0) is 19.1 Å². The highest BCUT2D eigenvalue weighted by Gasteiger charge is 2.26. The number of benzene rings is 2. The minimum atomic E-state index is -3.19. The lowest BCUT2D eigenvalue weighted by Crippen LogP contribution is -2.31. The van der Waals surface area contributed by atoms with E-state index in [0.29, 0.717) is 10.6 Å². The Balaban J connectivity index is 2.20. The van der Waals surface area contributed by atoms with Crippen molar-refractivity contribution in [2.75, 3.05) is 11.9 Å². The molecule has 0 saturated carbocycles. The van der Waals surface area contributed by atoms with Crippen molar-refractivity contribution < 1.29 is 23.5 Å². The normalized spacial score (nSPS) is 13.4. The van der Waals surface area contributed by atoms with Crippen molar-refractivity contribution in [2.45, 2.75) is 19.1 Å². The Morgan fingerprint density at radius 3 is 2.64 bits per heavy atom. The first kappa shape index (κ1) is 18.9. The van der Waals surface area contributed by atoms with Crippen molar-refractivity contribution in [3.05, 3.63) is 63.2 Å². The van der Waals surface area contributed by atoms with Crippen molar-refractivity contribution in [3.63, 3.8) is 0 Å². The number of alkyl halides is 2. The summed E-state index contributed by atoms with van der Waals surface area (Å²) in [5.74, 6) is -0.567. The standard InChI is InChI=1S/C16H15ClF2N2O4/c1-16(22,11-4-2-3-5-12(11)17)9-20-10-6-7-13(21(23)24)14(8-10)25-15(18)19/h2-8,15,20,22H,9H2,1H3. The van der Waals surface area contributed by atoms with Crippen LogP contribution in [0.2, 0.25) is 5.02 Å². The van der Waals surface area contributed by atoms with Crippen molar-refractivity contribution in [1.82, 2.24) is 0 Å². The summed E-state index contributed by atoms with van der Waals surface area (Å²) in [6.07, 6.45) is 0. The Morgan fingerprint density at radius 2 is 2.04 bits per heavy atom. The molecule has 0 amide bonds. The molecule has 0 saturated heterocycles. The first-order chi connectivity index (χ1) is 11.7. The number of ether oxygens (including phenoxy) is 1. The van der Waals surface area contributed by atoms with Gasteiger partial charge in [0.15, 0.2) is 0 Å². The third-order valence-corrected chi connectivity index (χ3v) is 3.79. The lowest BCUT2D eigenvalue weighted by molar-refractivity contribution is -0.386. The van der Waals surface area contributed by atoms with Gasteiger partial charge in [-0.25, -0.2) is 0 Å². The van der Waals surface area contributed by atoms with Crippen LogP contribution < -0.4 is 10.1 Å². The molecule has 0 fully saturated rings. The number of anilines is 1. The lowest BCUT2D eigenvalue weighted by Gasteiger charge is -2.26. The molecule has 1 atom stereocenters. The van der Waals surface area contributed by atoms with Gasteiger partial charge in [0.25, 0.3) is 0 Å². The van der Waals surface area contributed by atoms with Gasteiger partial charge in [0.05, 0.1) is 4.92 Å². The number of hydrogen-bond acceptors (Lipinski definition) is 5. The molecule has 0 aromatic heterocycles. The van der Waals surface area contributed by atoms with E-state index in [0.717, 1.165) is 12.1 Å². The molecule has 2 aromatic rings. The summed E-state index contributed by atoms with van der Waals surface area (Å²) < 4.78 is 29.0. The van der Waals surface area contributed by atoms with E-state index in [1.54, 1.807) is 24.3 Å². The molecule has 0 aliphatic heterocycles. The number of hydrogen-bond donors (Lipinski definition) is 2. The Kier molecular flexibility index (Phi) is 5.76. The summed E-state index contributed by atoms with van der Waals surface area (Å²) >= 11 is 6.06. The lowest BCUT2D eigenvalue weighted by atomic mass is 9.96. The zero-order valence-corrected chi connectivity index (χ0v) is 13.8. The Labute approximate surface area is 147 Å². The topological polar surface area (TPSA) is 84.6 Å². The summed E-state index contributed by atoms with van der Waals surface area (Å²) in [5.41, 5.74) is -1.18. The van der Waals surface area contributed by atoms with Gasteiger partial charge in [-0.2, -0.15) is 8.78 Å². The van der Waals surface area contributed by atoms with Crippen molar-refractivity contribution in [2.24, 2.45) is 0 Å². The maximum atomic E-state index is 12.4. The number of nitro benzene ring substituents is 1. The number of nitro groups is 1. The molecule has 134 valence electrons. The van der Waals surface area contributed by atoms with Crippen LogP contribution in [0.4, 0.5) is 20.2 Å². The third kappa shape index (κ3) is 4.77. The van der Waals surface area contributed by atoms with Crippen LogP contribution in [0, 0.1) is 10.1 Å². The van der Waals surface area contributed by atoms with E-state index in [-0.39, 0.29) is 12.2 Å². The van der Waals surface area contributed by atoms with Gasteiger partial charge in [0.2, 0.25) is 5.75 Å². The monoisotopic (exact) mass is 372 g/mol. The van der Waals surface area contributed by atoms with Gasteiger partial charge >= 0.3 is 12.3 Å². The SMILES string of the molecule is CC(O)(CNc1ccc([N+](=O)[O-])c(OC(F)F)c1)c1ccccc1Cl. The van der Waals surface area contributed by atoms with E-state index in [9.17, 15) is 24.0 Å². The Hall–Kier alpha value is -2.45. The highest BCUT2D eigenvalue weighted by molar-refractivity contribution is 6.31. The molecule has 2 aromatic carbocycles. The zero-order valence-electron chi connectivity index (χ0n) is 13.1. The van der Waals surface area contributed by atoms with Crippen LogP contribution in [0.5, 0.6) is 5.75 Å². The van der Waals surface area contributed by atoms with Gasteiger partial charge in [-0.1, -0.05) is 29.8 Å². The quantitative estimate of drug-likeness (QED) is 0.563. The number of halogens is 3. The fourth-order valence-electron chi connectivity index (χ4n) is 2.23. The highest BCUT2D eigenvalue weighted by atomic mass is 35.5. The molecule has 2 N–H and O–H groups in total. The predicted octanol–water partition coefficient (Wildman–Crippen LogP) is 4.17. The van der Waals surface area contributed by atoms with Crippen LogP contribution >= 0.6 is 11.6 Å².